The van der Waals surface area contributed by atoms with E-state index < -0.39 is 0 Å². The van der Waals surface area contributed by atoms with Gasteiger partial charge in [-0.15, -0.1) is 0 Å². The van der Waals surface area contributed by atoms with Gasteiger partial charge in [0.1, 0.15) is 0 Å². The van der Waals surface area contributed by atoms with Gasteiger partial charge >= 0.3 is 0 Å². The third-order valence-electron chi connectivity index (χ3n) is 2.27. The normalized spacial score (nSPS) is 22.5. The van der Waals surface area contributed by atoms with E-state index in [9.17, 15) is 9.59 Å². The summed E-state index contributed by atoms with van der Waals surface area (Å²) in [7, 11) is 0. The Morgan fingerprint density at radius 3 is 3.00 bits per heavy atom. The lowest BCUT2D eigenvalue weighted by molar-refractivity contribution is -0.129. The first-order valence-electron chi connectivity index (χ1n) is 4.54. The van der Waals surface area contributed by atoms with Crippen LogP contribution in [0.4, 0.5) is 0 Å². The molecule has 1 heterocycles. The predicted octanol–water partition coefficient (Wildman–Crippen LogP) is 0.677. The van der Waals surface area contributed by atoms with Crippen LogP contribution in [0.5, 0.6) is 0 Å². The molecule has 0 aromatic carbocycles. The third-order valence-corrected chi connectivity index (χ3v) is 2.27. The summed E-state index contributed by atoms with van der Waals surface area (Å²) >= 11 is 0. The largest absolute Gasteiger partial charge is 0.314 e. The molecule has 1 atom stereocenters. The molecule has 1 saturated heterocycles. The molecule has 1 aliphatic heterocycles. The first kappa shape index (κ1) is 9.39. The standard InChI is InChI=1S/C9H15NO2/c11-7-9(12)5-1-3-8-4-2-6-10-8/h7-8,10H,1-6H2. The fraction of sp³-hybridized carbons (Fsp3) is 0.778. The Hall–Kier alpha value is -0.700. The molecule has 3 heteroatoms. The summed E-state index contributed by atoms with van der Waals surface area (Å²) in [4.78, 5) is 20.6. The predicted molar refractivity (Wildman–Crippen MR) is 45.9 cm³/mol. The van der Waals surface area contributed by atoms with Crippen molar-refractivity contribution < 1.29 is 9.59 Å². The number of carbonyl (C=O) groups excluding carboxylic acids is 2. The number of aldehydes is 1. The summed E-state index contributed by atoms with van der Waals surface area (Å²) in [5, 5.41) is 3.35. The van der Waals surface area contributed by atoms with Crippen LogP contribution in [-0.4, -0.2) is 24.7 Å². The number of nitrogens with one attached hydrogen (secondary N) is 1. The lowest BCUT2D eigenvalue weighted by Crippen LogP contribution is -2.21. The van der Waals surface area contributed by atoms with Crippen LogP contribution >= 0.6 is 0 Å². The van der Waals surface area contributed by atoms with E-state index in [-0.39, 0.29) is 5.78 Å². The maximum atomic E-state index is 10.6. The molecule has 0 bridgehead atoms. The van der Waals surface area contributed by atoms with E-state index in [1.807, 2.05) is 0 Å². The Bertz CT molecular complexity index is 162. The smallest absolute Gasteiger partial charge is 0.195 e. The zero-order valence-corrected chi connectivity index (χ0v) is 7.21. The number of carbonyl (C=O) groups is 2. The van der Waals surface area contributed by atoms with E-state index in [2.05, 4.69) is 5.32 Å². The topological polar surface area (TPSA) is 46.2 Å². The van der Waals surface area contributed by atoms with Gasteiger partial charge in [0, 0.05) is 12.5 Å². The maximum absolute atomic E-state index is 10.6. The molecular weight excluding hydrogens is 154 g/mol. The monoisotopic (exact) mass is 169 g/mol. The van der Waals surface area contributed by atoms with E-state index in [0.29, 0.717) is 18.7 Å². The molecule has 1 rings (SSSR count). The van der Waals surface area contributed by atoms with Gasteiger partial charge in [-0.3, -0.25) is 9.59 Å². The molecule has 0 spiro atoms. The average Bonchev–Trinajstić information content (AvgIpc) is 2.57. The molecule has 12 heavy (non-hydrogen) atoms. The summed E-state index contributed by atoms with van der Waals surface area (Å²) in [6.45, 7) is 1.10. The van der Waals surface area contributed by atoms with Crippen molar-refractivity contribution in [3.05, 3.63) is 0 Å². The summed E-state index contributed by atoms with van der Waals surface area (Å²) in [5.74, 6) is -0.270. The summed E-state index contributed by atoms with van der Waals surface area (Å²) < 4.78 is 0. The molecule has 1 N–H and O–H groups in total. The minimum atomic E-state index is -0.270. The molecule has 0 aliphatic carbocycles. The summed E-state index contributed by atoms with van der Waals surface area (Å²) in [6.07, 6.45) is 5.17. The second-order valence-corrected chi connectivity index (χ2v) is 3.27. The van der Waals surface area contributed by atoms with Crippen molar-refractivity contribution in [2.24, 2.45) is 0 Å². The lowest BCUT2D eigenvalue weighted by atomic mass is 10.1. The zero-order valence-electron chi connectivity index (χ0n) is 7.21. The number of Topliss-reactive ketones (excluding diaryl/α,β-unsaturated/α-hetero) is 1. The van der Waals surface area contributed by atoms with Gasteiger partial charge in [-0.2, -0.15) is 0 Å². The van der Waals surface area contributed by atoms with Crippen LogP contribution in [0.1, 0.15) is 32.1 Å². The molecule has 3 nitrogen and oxygen atoms in total. The Labute approximate surface area is 72.5 Å². The van der Waals surface area contributed by atoms with Gasteiger partial charge in [-0.1, -0.05) is 0 Å². The second kappa shape index (κ2) is 5.04. The van der Waals surface area contributed by atoms with Gasteiger partial charge in [-0.05, 0) is 32.2 Å². The van der Waals surface area contributed by atoms with Crippen LogP contribution in [0.3, 0.4) is 0 Å². The van der Waals surface area contributed by atoms with E-state index in [1.54, 1.807) is 0 Å². The minimum absolute atomic E-state index is 0.270. The molecule has 1 fully saturated rings. The Morgan fingerprint density at radius 2 is 2.42 bits per heavy atom. The van der Waals surface area contributed by atoms with Gasteiger partial charge in [0.25, 0.3) is 0 Å². The van der Waals surface area contributed by atoms with Gasteiger partial charge in [0.2, 0.25) is 0 Å². The summed E-state index contributed by atoms with van der Waals surface area (Å²) in [6, 6.07) is 0.587. The molecule has 68 valence electrons. The molecule has 0 aromatic rings. The quantitative estimate of drug-likeness (QED) is 0.486. The van der Waals surface area contributed by atoms with Crippen molar-refractivity contribution in [1.29, 1.82) is 0 Å². The first-order chi connectivity index (χ1) is 5.83. The molecule has 1 aliphatic rings. The van der Waals surface area contributed by atoms with E-state index in [0.717, 1.165) is 19.4 Å². The van der Waals surface area contributed by atoms with Crippen LogP contribution in [0.2, 0.25) is 0 Å². The maximum Gasteiger partial charge on any atom is 0.195 e. The number of hydrogen-bond donors (Lipinski definition) is 1. The minimum Gasteiger partial charge on any atom is -0.314 e. The van der Waals surface area contributed by atoms with Crippen molar-refractivity contribution in [2.75, 3.05) is 6.54 Å². The van der Waals surface area contributed by atoms with Crippen molar-refractivity contribution in [3.63, 3.8) is 0 Å². The Balaban J connectivity index is 2.01. The van der Waals surface area contributed by atoms with Crippen LogP contribution in [0.15, 0.2) is 0 Å². The molecule has 0 aromatic heterocycles. The number of hydrogen-bond acceptors (Lipinski definition) is 3. The fourth-order valence-electron chi connectivity index (χ4n) is 1.58. The number of rotatable bonds is 5. The molecular formula is C9H15NO2. The van der Waals surface area contributed by atoms with Gasteiger partial charge in [0.05, 0.1) is 0 Å². The fourth-order valence-corrected chi connectivity index (χ4v) is 1.58. The van der Waals surface area contributed by atoms with Crippen LogP contribution in [0, 0.1) is 0 Å². The van der Waals surface area contributed by atoms with E-state index in [1.165, 1.54) is 12.8 Å². The van der Waals surface area contributed by atoms with Crippen molar-refractivity contribution in [3.8, 4) is 0 Å². The van der Waals surface area contributed by atoms with Crippen LogP contribution in [-0.2, 0) is 9.59 Å². The van der Waals surface area contributed by atoms with E-state index in [4.69, 9.17) is 0 Å². The van der Waals surface area contributed by atoms with Gasteiger partial charge < -0.3 is 5.32 Å². The highest BCUT2D eigenvalue weighted by Gasteiger charge is 2.13. The summed E-state index contributed by atoms with van der Waals surface area (Å²) in [5.41, 5.74) is 0. The Morgan fingerprint density at radius 1 is 1.58 bits per heavy atom. The number of ketones is 1. The highest BCUT2D eigenvalue weighted by Crippen LogP contribution is 2.11. The second-order valence-electron chi connectivity index (χ2n) is 3.27. The molecule has 0 saturated carbocycles. The van der Waals surface area contributed by atoms with Crippen molar-refractivity contribution in [1.82, 2.24) is 5.32 Å². The average molecular weight is 169 g/mol. The van der Waals surface area contributed by atoms with Crippen molar-refractivity contribution >= 4 is 12.1 Å². The van der Waals surface area contributed by atoms with Crippen molar-refractivity contribution in [2.45, 2.75) is 38.1 Å². The van der Waals surface area contributed by atoms with Gasteiger partial charge in [0.15, 0.2) is 12.1 Å². The molecule has 0 amide bonds. The highest BCUT2D eigenvalue weighted by molar-refractivity contribution is 6.24. The lowest BCUT2D eigenvalue weighted by Gasteiger charge is -2.07. The SMILES string of the molecule is O=CC(=O)CCCC1CCCN1. The Kier molecular flexibility index (Phi) is 3.94. The highest BCUT2D eigenvalue weighted by atomic mass is 16.2. The molecule has 1 unspecified atom stereocenters. The molecule has 0 radical (unpaired) electrons. The first-order valence-corrected chi connectivity index (χ1v) is 4.54. The van der Waals surface area contributed by atoms with Gasteiger partial charge in [-0.25, -0.2) is 0 Å². The van der Waals surface area contributed by atoms with Crippen LogP contribution in [0.25, 0.3) is 0 Å². The van der Waals surface area contributed by atoms with E-state index >= 15 is 0 Å². The third kappa shape index (κ3) is 3.13. The zero-order chi connectivity index (χ0) is 8.81. The van der Waals surface area contributed by atoms with Crippen LogP contribution < -0.4 is 5.32 Å².